The van der Waals surface area contributed by atoms with E-state index in [1.165, 1.54) is 4.88 Å². The lowest BCUT2D eigenvalue weighted by Gasteiger charge is -2.28. The highest BCUT2D eigenvalue weighted by Gasteiger charge is 2.22. The number of ether oxygens (including phenoxy) is 2. The van der Waals surface area contributed by atoms with Crippen LogP contribution in [0.15, 0.2) is 35.7 Å². The summed E-state index contributed by atoms with van der Waals surface area (Å²) < 4.78 is 10.9. The molecule has 2 aromatic rings. The lowest BCUT2D eigenvalue weighted by atomic mass is 10.0. The van der Waals surface area contributed by atoms with Crippen molar-refractivity contribution in [2.24, 2.45) is 5.73 Å². The molecular formula is C16H22N2O2S. The molecule has 21 heavy (non-hydrogen) atoms. The molecule has 0 saturated carbocycles. The summed E-state index contributed by atoms with van der Waals surface area (Å²) in [5.41, 5.74) is 7.07. The predicted molar refractivity (Wildman–Crippen MR) is 87.1 cm³/mol. The van der Waals surface area contributed by atoms with Gasteiger partial charge in [-0.05, 0) is 24.6 Å². The summed E-state index contributed by atoms with van der Waals surface area (Å²) in [6, 6.07) is 10.2. The molecule has 2 rings (SSSR count). The number of benzene rings is 1. The van der Waals surface area contributed by atoms with E-state index in [1.807, 2.05) is 18.2 Å². The summed E-state index contributed by atoms with van der Waals surface area (Å²) in [7, 11) is 5.39. The third-order valence-electron chi connectivity index (χ3n) is 3.53. The second-order valence-corrected chi connectivity index (χ2v) is 5.86. The van der Waals surface area contributed by atoms with Crippen LogP contribution in [0, 0.1) is 0 Å². The molecule has 0 radical (unpaired) electrons. The summed E-state index contributed by atoms with van der Waals surface area (Å²) in [5.74, 6) is 1.49. The highest BCUT2D eigenvalue weighted by molar-refractivity contribution is 7.09. The Kier molecular flexibility index (Phi) is 5.61. The minimum absolute atomic E-state index is 0.0807. The van der Waals surface area contributed by atoms with Gasteiger partial charge in [-0.1, -0.05) is 18.2 Å². The van der Waals surface area contributed by atoms with Crippen LogP contribution in [0.25, 0.3) is 0 Å². The molecule has 5 heteroatoms. The summed E-state index contributed by atoms with van der Waals surface area (Å²) in [6.45, 7) is 1.38. The lowest BCUT2D eigenvalue weighted by molar-refractivity contribution is 0.236. The van der Waals surface area contributed by atoms with Crippen LogP contribution in [-0.2, 0) is 6.54 Å². The number of likely N-dealkylation sites (N-methyl/N-ethyl adjacent to an activating group) is 1. The first kappa shape index (κ1) is 15.8. The molecule has 0 saturated heterocycles. The van der Waals surface area contributed by atoms with Crippen LogP contribution in [0.2, 0.25) is 0 Å². The van der Waals surface area contributed by atoms with Crippen LogP contribution >= 0.6 is 11.3 Å². The van der Waals surface area contributed by atoms with Gasteiger partial charge in [0.15, 0.2) is 11.5 Å². The van der Waals surface area contributed by atoms with Gasteiger partial charge in [0.05, 0.1) is 20.3 Å². The summed E-state index contributed by atoms with van der Waals surface area (Å²) in [6.07, 6.45) is 0. The number of thiophene rings is 1. The average Bonchev–Trinajstić information content (AvgIpc) is 3.00. The Labute approximate surface area is 130 Å². The Morgan fingerprint density at radius 3 is 2.57 bits per heavy atom. The Morgan fingerprint density at radius 1 is 1.19 bits per heavy atom. The number of nitrogens with zero attached hydrogens (tertiary/aromatic N) is 1. The molecule has 0 fully saturated rings. The number of nitrogens with two attached hydrogens (primary N) is 1. The Hall–Kier alpha value is -1.56. The van der Waals surface area contributed by atoms with Crippen LogP contribution < -0.4 is 15.2 Å². The van der Waals surface area contributed by atoms with Crippen molar-refractivity contribution in [3.8, 4) is 11.5 Å². The van der Waals surface area contributed by atoms with Gasteiger partial charge in [0.25, 0.3) is 0 Å². The standard InChI is InChI=1S/C16H22N2O2S/c1-18(11-12-6-5-9-21-12)14(10-17)13-7-4-8-15(19-2)16(13)20-3/h4-9,14H,10-11,17H2,1-3H3. The number of para-hydroxylation sites is 1. The van der Waals surface area contributed by atoms with Crippen molar-refractivity contribution in [3.63, 3.8) is 0 Å². The first-order valence-corrected chi connectivity index (χ1v) is 7.72. The van der Waals surface area contributed by atoms with E-state index < -0.39 is 0 Å². The molecule has 0 spiro atoms. The fraction of sp³-hybridized carbons (Fsp3) is 0.375. The van der Waals surface area contributed by atoms with Gasteiger partial charge in [-0.15, -0.1) is 11.3 Å². The highest BCUT2D eigenvalue weighted by Crippen LogP contribution is 2.36. The van der Waals surface area contributed by atoms with Gasteiger partial charge in [-0.2, -0.15) is 0 Å². The molecule has 0 aliphatic heterocycles. The maximum Gasteiger partial charge on any atom is 0.165 e. The topological polar surface area (TPSA) is 47.7 Å². The highest BCUT2D eigenvalue weighted by atomic mass is 32.1. The van der Waals surface area contributed by atoms with E-state index in [-0.39, 0.29) is 6.04 Å². The van der Waals surface area contributed by atoms with E-state index in [4.69, 9.17) is 15.2 Å². The van der Waals surface area contributed by atoms with Gasteiger partial charge in [-0.25, -0.2) is 0 Å². The molecule has 2 N–H and O–H groups in total. The quantitative estimate of drug-likeness (QED) is 0.854. The van der Waals surface area contributed by atoms with Crippen molar-refractivity contribution in [1.29, 1.82) is 0 Å². The monoisotopic (exact) mass is 306 g/mol. The van der Waals surface area contributed by atoms with Gasteiger partial charge in [-0.3, -0.25) is 4.90 Å². The molecule has 1 aromatic carbocycles. The van der Waals surface area contributed by atoms with E-state index in [1.54, 1.807) is 25.6 Å². The van der Waals surface area contributed by atoms with Crippen molar-refractivity contribution in [1.82, 2.24) is 4.90 Å². The largest absolute Gasteiger partial charge is 0.493 e. The average molecular weight is 306 g/mol. The zero-order valence-corrected chi connectivity index (χ0v) is 13.5. The second kappa shape index (κ2) is 7.45. The molecule has 0 aliphatic carbocycles. The third-order valence-corrected chi connectivity index (χ3v) is 4.39. The van der Waals surface area contributed by atoms with Crippen LogP contribution in [0.5, 0.6) is 11.5 Å². The Bertz CT molecular complexity index is 557. The zero-order valence-electron chi connectivity index (χ0n) is 12.7. The van der Waals surface area contributed by atoms with E-state index in [0.29, 0.717) is 6.54 Å². The molecule has 0 amide bonds. The van der Waals surface area contributed by atoms with Crippen LogP contribution in [0.1, 0.15) is 16.5 Å². The van der Waals surface area contributed by atoms with Gasteiger partial charge in [0.1, 0.15) is 0 Å². The van der Waals surface area contributed by atoms with Gasteiger partial charge >= 0.3 is 0 Å². The lowest BCUT2D eigenvalue weighted by Crippen LogP contribution is -2.30. The fourth-order valence-electron chi connectivity index (χ4n) is 2.48. The molecule has 1 aromatic heterocycles. The summed E-state index contributed by atoms with van der Waals surface area (Å²) >= 11 is 1.75. The summed E-state index contributed by atoms with van der Waals surface area (Å²) in [4.78, 5) is 3.56. The number of methoxy groups -OCH3 is 2. The van der Waals surface area contributed by atoms with E-state index in [0.717, 1.165) is 23.6 Å². The van der Waals surface area contributed by atoms with Crippen molar-refractivity contribution < 1.29 is 9.47 Å². The van der Waals surface area contributed by atoms with Crippen molar-refractivity contribution >= 4 is 11.3 Å². The van der Waals surface area contributed by atoms with Crippen molar-refractivity contribution in [3.05, 3.63) is 46.2 Å². The molecular weight excluding hydrogens is 284 g/mol. The van der Waals surface area contributed by atoms with Crippen molar-refractivity contribution in [2.45, 2.75) is 12.6 Å². The van der Waals surface area contributed by atoms with Crippen LogP contribution in [0.3, 0.4) is 0 Å². The number of hydrogen-bond acceptors (Lipinski definition) is 5. The molecule has 0 bridgehead atoms. The first-order valence-electron chi connectivity index (χ1n) is 6.84. The first-order chi connectivity index (χ1) is 10.2. The van der Waals surface area contributed by atoms with Crippen LogP contribution in [0.4, 0.5) is 0 Å². The SMILES string of the molecule is COc1cccc(C(CN)N(C)Cc2cccs2)c1OC. The molecule has 1 atom stereocenters. The minimum atomic E-state index is 0.0807. The minimum Gasteiger partial charge on any atom is -0.493 e. The van der Waals surface area contributed by atoms with E-state index in [9.17, 15) is 0 Å². The summed E-state index contributed by atoms with van der Waals surface area (Å²) in [5, 5.41) is 2.09. The van der Waals surface area contributed by atoms with Crippen molar-refractivity contribution in [2.75, 3.05) is 27.8 Å². The van der Waals surface area contributed by atoms with Crippen LogP contribution in [-0.4, -0.2) is 32.7 Å². The maximum atomic E-state index is 6.02. The Morgan fingerprint density at radius 2 is 2.00 bits per heavy atom. The molecule has 0 aliphatic rings. The van der Waals surface area contributed by atoms with Gasteiger partial charge < -0.3 is 15.2 Å². The normalized spacial score (nSPS) is 12.4. The molecule has 114 valence electrons. The van der Waals surface area contributed by atoms with Gasteiger partial charge in [0, 0.05) is 23.5 Å². The maximum absolute atomic E-state index is 6.02. The zero-order chi connectivity index (χ0) is 15.2. The third kappa shape index (κ3) is 3.56. The number of hydrogen-bond donors (Lipinski definition) is 1. The predicted octanol–water partition coefficient (Wildman–Crippen LogP) is 2.90. The van der Waals surface area contributed by atoms with E-state index >= 15 is 0 Å². The molecule has 4 nitrogen and oxygen atoms in total. The van der Waals surface area contributed by atoms with Gasteiger partial charge in [0.2, 0.25) is 0 Å². The smallest absolute Gasteiger partial charge is 0.165 e. The molecule has 1 unspecified atom stereocenters. The number of rotatable bonds is 7. The second-order valence-electron chi connectivity index (χ2n) is 4.83. The van der Waals surface area contributed by atoms with E-state index in [2.05, 4.69) is 29.5 Å². The fourth-order valence-corrected chi connectivity index (χ4v) is 3.24. The molecule has 1 heterocycles. The Balaban J connectivity index is 2.28.